The molecule has 1 aliphatic rings. The molecule has 2 aromatic carbocycles. The molecule has 3 rings (SSSR count). The fraction of sp³-hybridized carbons (Fsp3) is 0.333. The van der Waals surface area contributed by atoms with Crippen LogP contribution in [0.3, 0.4) is 0 Å². The zero-order valence-corrected chi connectivity index (χ0v) is 16.5. The van der Waals surface area contributed by atoms with Gasteiger partial charge in [0.1, 0.15) is 11.7 Å². The highest BCUT2D eigenvalue weighted by Gasteiger charge is 2.42. The van der Waals surface area contributed by atoms with Gasteiger partial charge in [0.15, 0.2) is 5.88 Å². The monoisotopic (exact) mass is 417 g/mol. The molecule has 0 spiro atoms. The fourth-order valence-electron chi connectivity index (χ4n) is 3.35. The summed E-state index contributed by atoms with van der Waals surface area (Å²) in [7, 11) is 1.61. The largest absolute Gasteiger partial charge is 0.483 e. The van der Waals surface area contributed by atoms with Gasteiger partial charge in [0.05, 0.1) is 20.3 Å². The number of hydrogen-bond donors (Lipinski definition) is 1. The van der Waals surface area contributed by atoms with E-state index in [1.165, 1.54) is 0 Å². The number of hydrogen-bond acceptors (Lipinski definition) is 4. The Balaban J connectivity index is 1.95. The normalized spacial score (nSPS) is 19.7. The number of nitrogens with zero attached hydrogens (tertiary/aromatic N) is 1. The standard InChI is InChI=1S/C21H24BrNO3/c1-16(25-2)23-12-13-26-20(15-23)21(24,18-9-4-3-5-10-18)14-17-8-6-7-11-19(17)22/h3-11,20,24H,1,12-15H2,2H3. The number of rotatable bonds is 6. The molecule has 1 heterocycles. The number of morpholine rings is 1. The highest BCUT2D eigenvalue weighted by Crippen LogP contribution is 2.35. The minimum atomic E-state index is -1.17. The van der Waals surface area contributed by atoms with Gasteiger partial charge in [-0.3, -0.25) is 0 Å². The van der Waals surface area contributed by atoms with E-state index in [1.54, 1.807) is 7.11 Å². The molecular weight excluding hydrogens is 394 g/mol. The molecule has 0 amide bonds. The van der Waals surface area contributed by atoms with Gasteiger partial charge in [0.2, 0.25) is 0 Å². The molecule has 2 aromatic rings. The second-order valence-corrected chi connectivity index (χ2v) is 7.32. The number of ether oxygens (including phenoxy) is 2. The second-order valence-electron chi connectivity index (χ2n) is 6.46. The molecule has 1 fully saturated rings. The van der Waals surface area contributed by atoms with Crippen molar-refractivity contribution in [3.8, 4) is 0 Å². The van der Waals surface area contributed by atoms with Gasteiger partial charge < -0.3 is 19.5 Å². The first-order valence-corrected chi connectivity index (χ1v) is 9.44. The van der Waals surface area contributed by atoms with Crippen LogP contribution in [0.25, 0.3) is 0 Å². The first-order chi connectivity index (χ1) is 12.5. The van der Waals surface area contributed by atoms with Gasteiger partial charge in [-0.05, 0) is 23.8 Å². The number of halogens is 1. The molecule has 26 heavy (non-hydrogen) atoms. The minimum Gasteiger partial charge on any atom is -0.483 e. The van der Waals surface area contributed by atoms with E-state index in [9.17, 15) is 5.11 Å². The van der Waals surface area contributed by atoms with Crippen LogP contribution in [0.4, 0.5) is 0 Å². The number of benzene rings is 2. The zero-order valence-electron chi connectivity index (χ0n) is 14.9. The predicted octanol–water partition coefficient (Wildman–Crippen LogP) is 3.70. The summed E-state index contributed by atoms with van der Waals surface area (Å²) in [6.07, 6.45) is 0.0359. The van der Waals surface area contributed by atoms with Crippen molar-refractivity contribution in [3.63, 3.8) is 0 Å². The average Bonchev–Trinajstić information content (AvgIpc) is 2.70. The Labute approximate surface area is 163 Å². The van der Waals surface area contributed by atoms with Crippen LogP contribution in [-0.2, 0) is 21.5 Å². The van der Waals surface area contributed by atoms with Gasteiger partial charge in [-0.15, -0.1) is 0 Å². The molecule has 4 nitrogen and oxygen atoms in total. The van der Waals surface area contributed by atoms with Crippen LogP contribution in [0.1, 0.15) is 11.1 Å². The van der Waals surface area contributed by atoms with Crippen LogP contribution in [0.5, 0.6) is 0 Å². The summed E-state index contributed by atoms with van der Waals surface area (Å²) in [5, 5.41) is 11.8. The van der Waals surface area contributed by atoms with Crippen molar-refractivity contribution in [2.75, 3.05) is 26.8 Å². The molecule has 1 saturated heterocycles. The van der Waals surface area contributed by atoms with Crippen molar-refractivity contribution in [1.29, 1.82) is 0 Å². The van der Waals surface area contributed by atoms with Gasteiger partial charge in [-0.2, -0.15) is 0 Å². The predicted molar refractivity (Wildman–Crippen MR) is 106 cm³/mol. The van der Waals surface area contributed by atoms with E-state index in [2.05, 4.69) is 22.5 Å². The summed E-state index contributed by atoms with van der Waals surface area (Å²) in [5.74, 6) is 0.592. The third kappa shape index (κ3) is 3.95. The summed E-state index contributed by atoms with van der Waals surface area (Å²) in [6.45, 7) is 5.67. The number of aliphatic hydroxyl groups is 1. The van der Waals surface area contributed by atoms with Crippen molar-refractivity contribution in [2.24, 2.45) is 0 Å². The smallest absolute Gasteiger partial charge is 0.181 e. The van der Waals surface area contributed by atoms with Crippen molar-refractivity contribution in [3.05, 3.63) is 82.7 Å². The van der Waals surface area contributed by atoms with Crippen LogP contribution >= 0.6 is 15.9 Å². The summed E-state index contributed by atoms with van der Waals surface area (Å²) in [6, 6.07) is 17.7. The highest BCUT2D eigenvalue weighted by atomic mass is 79.9. The Bertz CT molecular complexity index is 752. The van der Waals surface area contributed by atoms with Crippen LogP contribution in [0.2, 0.25) is 0 Å². The number of methoxy groups -OCH3 is 1. The van der Waals surface area contributed by atoms with Crippen molar-refractivity contribution < 1.29 is 14.6 Å². The van der Waals surface area contributed by atoms with Gasteiger partial charge >= 0.3 is 0 Å². The molecule has 5 heteroatoms. The van der Waals surface area contributed by atoms with Gasteiger partial charge in [0, 0.05) is 17.4 Å². The summed E-state index contributed by atoms with van der Waals surface area (Å²) in [5.41, 5.74) is 0.702. The molecule has 0 radical (unpaired) electrons. The zero-order chi connectivity index (χ0) is 18.6. The SMILES string of the molecule is C=C(OC)N1CCOC(C(O)(Cc2ccccc2Br)c2ccccc2)C1. The topological polar surface area (TPSA) is 41.9 Å². The Morgan fingerprint density at radius 1 is 1.27 bits per heavy atom. The Hall–Kier alpha value is -1.82. The van der Waals surface area contributed by atoms with Crippen LogP contribution in [-0.4, -0.2) is 42.9 Å². The van der Waals surface area contributed by atoms with E-state index in [0.29, 0.717) is 32.0 Å². The molecular formula is C21H24BrNO3. The van der Waals surface area contributed by atoms with Gasteiger partial charge in [-0.1, -0.05) is 64.5 Å². The van der Waals surface area contributed by atoms with Crippen molar-refractivity contribution in [2.45, 2.75) is 18.1 Å². The van der Waals surface area contributed by atoms with Crippen molar-refractivity contribution >= 4 is 15.9 Å². The lowest BCUT2D eigenvalue weighted by atomic mass is 9.81. The van der Waals surface area contributed by atoms with Crippen LogP contribution < -0.4 is 0 Å². The molecule has 138 valence electrons. The highest BCUT2D eigenvalue weighted by molar-refractivity contribution is 9.10. The Morgan fingerprint density at radius 3 is 2.65 bits per heavy atom. The minimum absolute atomic E-state index is 0.405. The molecule has 0 bridgehead atoms. The Morgan fingerprint density at radius 2 is 1.96 bits per heavy atom. The molecule has 2 unspecified atom stereocenters. The third-order valence-corrected chi connectivity index (χ3v) is 5.65. The van der Waals surface area contributed by atoms with Crippen LogP contribution in [0.15, 0.2) is 71.5 Å². The molecule has 2 atom stereocenters. The average molecular weight is 418 g/mol. The van der Waals surface area contributed by atoms with Crippen LogP contribution in [0, 0.1) is 0 Å². The van der Waals surface area contributed by atoms with E-state index < -0.39 is 11.7 Å². The summed E-state index contributed by atoms with van der Waals surface area (Å²) >= 11 is 3.60. The first kappa shape index (κ1) is 19.0. The molecule has 1 aliphatic heterocycles. The maximum atomic E-state index is 11.8. The second kappa shape index (κ2) is 8.25. The maximum absolute atomic E-state index is 11.8. The lowest BCUT2D eigenvalue weighted by molar-refractivity contribution is -0.149. The Kier molecular flexibility index (Phi) is 6.01. The first-order valence-electron chi connectivity index (χ1n) is 8.65. The summed E-state index contributed by atoms with van der Waals surface area (Å²) < 4.78 is 12.3. The molecule has 0 aromatic heterocycles. The molecule has 0 saturated carbocycles. The molecule has 1 N–H and O–H groups in total. The molecule has 0 aliphatic carbocycles. The van der Waals surface area contributed by atoms with E-state index in [-0.39, 0.29) is 0 Å². The van der Waals surface area contributed by atoms with Gasteiger partial charge in [0.25, 0.3) is 0 Å². The third-order valence-electron chi connectivity index (χ3n) is 4.88. The lowest BCUT2D eigenvalue weighted by Crippen LogP contribution is -2.53. The quantitative estimate of drug-likeness (QED) is 0.727. The summed E-state index contributed by atoms with van der Waals surface area (Å²) in [4.78, 5) is 2.02. The maximum Gasteiger partial charge on any atom is 0.181 e. The fourth-order valence-corrected chi connectivity index (χ4v) is 3.78. The van der Waals surface area contributed by atoms with Crippen molar-refractivity contribution in [1.82, 2.24) is 4.90 Å². The van der Waals surface area contributed by atoms with Gasteiger partial charge in [-0.25, -0.2) is 0 Å². The van der Waals surface area contributed by atoms with E-state index >= 15 is 0 Å². The van der Waals surface area contributed by atoms with E-state index in [0.717, 1.165) is 15.6 Å². The van der Waals surface area contributed by atoms with E-state index in [4.69, 9.17) is 9.47 Å². The van der Waals surface area contributed by atoms with E-state index in [1.807, 2.05) is 59.5 Å². The lowest BCUT2D eigenvalue weighted by Gasteiger charge is -2.43.